The molecule has 0 unspecified atom stereocenters. The van der Waals surface area contributed by atoms with Crippen LogP contribution >= 0.6 is 0 Å². The summed E-state index contributed by atoms with van der Waals surface area (Å²) in [6.45, 7) is 4.51. The molecule has 0 radical (unpaired) electrons. The van der Waals surface area contributed by atoms with E-state index in [1.165, 1.54) is 12.4 Å². The molecule has 0 fully saturated rings. The molecule has 6 nitrogen and oxygen atoms in total. The first-order valence-electron chi connectivity index (χ1n) is 7.95. The van der Waals surface area contributed by atoms with Gasteiger partial charge in [0.2, 0.25) is 5.95 Å². The molecule has 0 aliphatic rings. The van der Waals surface area contributed by atoms with E-state index >= 15 is 0 Å². The molecule has 1 aromatic carbocycles. The molecular weight excluding hydrogens is 314 g/mol. The van der Waals surface area contributed by atoms with Gasteiger partial charge in [-0.1, -0.05) is 12.1 Å². The van der Waals surface area contributed by atoms with Crippen molar-refractivity contribution < 1.29 is 4.79 Å². The molecule has 0 aliphatic heterocycles. The average Bonchev–Trinajstić information content (AvgIpc) is 2.60. The fourth-order valence-electron chi connectivity index (χ4n) is 2.46. The first kappa shape index (κ1) is 16.6. The average molecular weight is 333 g/mol. The smallest absolute Gasteiger partial charge is 0.258 e. The Morgan fingerprint density at radius 3 is 2.36 bits per heavy atom. The zero-order chi connectivity index (χ0) is 17.6. The van der Waals surface area contributed by atoms with E-state index in [0.717, 1.165) is 22.5 Å². The summed E-state index contributed by atoms with van der Waals surface area (Å²) in [6.07, 6.45) is 4.75. The minimum atomic E-state index is -0.235. The van der Waals surface area contributed by atoms with Gasteiger partial charge in [-0.15, -0.1) is 0 Å². The van der Waals surface area contributed by atoms with Crippen LogP contribution in [0.3, 0.4) is 0 Å². The van der Waals surface area contributed by atoms with Crippen LogP contribution in [0, 0.1) is 13.8 Å². The number of anilines is 2. The van der Waals surface area contributed by atoms with Gasteiger partial charge in [0.05, 0.1) is 17.8 Å². The van der Waals surface area contributed by atoms with E-state index in [9.17, 15) is 4.79 Å². The number of carbonyl (C=O) groups excluding carboxylic acids is 1. The van der Waals surface area contributed by atoms with Gasteiger partial charge in [-0.3, -0.25) is 9.78 Å². The number of carbonyl (C=O) groups is 1. The molecule has 25 heavy (non-hydrogen) atoms. The maximum Gasteiger partial charge on any atom is 0.258 e. The van der Waals surface area contributed by atoms with Crippen LogP contribution in [0.5, 0.6) is 0 Å². The van der Waals surface area contributed by atoms with Crippen molar-refractivity contribution in [3.05, 3.63) is 77.4 Å². The number of nitrogens with zero attached hydrogens (tertiary/aromatic N) is 3. The third kappa shape index (κ3) is 4.60. The second kappa shape index (κ2) is 7.53. The number of hydrogen-bond donors (Lipinski definition) is 2. The van der Waals surface area contributed by atoms with Crippen LogP contribution in [-0.2, 0) is 6.54 Å². The molecule has 0 saturated carbocycles. The van der Waals surface area contributed by atoms with E-state index in [0.29, 0.717) is 18.1 Å². The number of pyridine rings is 1. The maximum absolute atomic E-state index is 12.3. The molecule has 2 aromatic heterocycles. The standard InChI is InChI=1S/C19H19N5O/c1-13-7-14(2)9-17(8-13)24-18(25)15-10-21-19(22-11-15)23-12-16-5-3-4-6-20-16/h3-11H,12H2,1-2H3,(H,24,25)(H,21,22,23). The Labute approximate surface area is 146 Å². The van der Waals surface area contributed by atoms with E-state index in [1.54, 1.807) is 6.20 Å². The van der Waals surface area contributed by atoms with Gasteiger partial charge in [0.15, 0.2) is 0 Å². The highest BCUT2D eigenvalue weighted by molar-refractivity contribution is 6.04. The predicted octanol–water partition coefficient (Wildman–Crippen LogP) is 3.35. The Balaban J connectivity index is 1.62. The molecule has 0 bridgehead atoms. The van der Waals surface area contributed by atoms with Crippen LogP contribution < -0.4 is 10.6 Å². The molecular formula is C19H19N5O. The van der Waals surface area contributed by atoms with Gasteiger partial charge in [-0.2, -0.15) is 0 Å². The van der Waals surface area contributed by atoms with Crippen molar-refractivity contribution in [2.45, 2.75) is 20.4 Å². The SMILES string of the molecule is Cc1cc(C)cc(NC(=O)c2cnc(NCc3ccccn3)nc2)c1. The Bertz CT molecular complexity index is 842. The summed E-state index contributed by atoms with van der Waals surface area (Å²) in [4.78, 5) is 24.9. The lowest BCUT2D eigenvalue weighted by Gasteiger charge is -2.08. The molecule has 3 rings (SSSR count). The fourth-order valence-corrected chi connectivity index (χ4v) is 2.46. The Kier molecular flexibility index (Phi) is 4.99. The molecule has 0 spiro atoms. The highest BCUT2D eigenvalue weighted by atomic mass is 16.1. The number of rotatable bonds is 5. The highest BCUT2D eigenvalue weighted by Crippen LogP contribution is 2.15. The molecule has 6 heteroatoms. The van der Waals surface area contributed by atoms with Crippen molar-refractivity contribution in [2.75, 3.05) is 10.6 Å². The number of amides is 1. The van der Waals surface area contributed by atoms with Crippen molar-refractivity contribution in [3.63, 3.8) is 0 Å². The van der Waals surface area contributed by atoms with Gasteiger partial charge >= 0.3 is 0 Å². The number of hydrogen-bond acceptors (Lipinski definition) is 5. The van der Waals surface area contributed by atoms with Gasteiger partial charge in [-0.05, 0) is 49.2 Å². The minimum Gasteiger partial charge on any atom is -0.349 e. The van der Waals surface area contributed by atoms with Gasteiger partial charge in [-0.25, -0.2) is 9.97 Å². The van der Waals surface area contributed by atoms with Gasteiger partial charge in [0, 0.05) is 24.3 Å². The molecule has 0 saturated heterocycles. The van der Waals surface area contributed by atoms with Crippen molar-refractivity contribution >= 4 is 17.5 Å². The van der Waals surface area contributed by atoms with Gasteiger partial charge < -0.3 is 10.6 Å². The van der Waals surface area contributed by atoms with E-state index in [1.807, 2.05) is 44.2 Å². The fraction of sp³-hybridized carbons (Fsp3) is 0.158. The number of nitrogens with one attached hydrogen (secondary N) is 2. The zero-order valence-electron chi connectivity index (χ0n) is 14.2. The molecule has 3 aromatic rings. The monoisotopic (exact) mass is 333 g/mol. The second-order valence-corrected chi connectivity index (χ2v) is 5.80. The number of aromatic nitrogens is 3. The summed E-state index contributed by atoms with van der Waals surface area (Å²) in [6, 6.07) is 11.6. The maximum atomic E-state index is 12.3. The lowest BCUT2D eigenvalue weighted by Crippen LogP contribution is -2.13. The third-order valence-corrected chi connectivity index (χ3v) is 3.55. The van der Waals surface area contributed by atoms with Crippen molar-refractivity contribution in [1.82, 2.24) is 15.0 Å². The van der Waals surface area contributed by atoms with Crippen LogP contribution in [0.4, 0.5) is 11.6 Å². The summed E-state index contributed by atoms with van der Waals surface area (Å²) < 4.78 is 0. The molecule has 2 N–H and O–H groups in total. The summed E-state index contributed by atoms with van der Waals surface area (Å²) in [7, 11) is 0. The summed E-state index contributed by atoms with van der Waals surface area (Å²) in [5.74, 6) is 0.217. The summed E-state index contributed by atoms with van der Waals surface area (Å²) in [5.41, 5.74) is 4.26. The molecule has 2 heterocycles. The Morgan fingerprint density at radius 2 is 1.72 bits per heavy atom. The van der Waals surface area contributed by atoms with Crippen molar-refractivity contribution in [3.8, 4) is 0 Å². The van der Waals surface area contributed by atoms with E-state index in [4.69, 9.17) is 0 Å². The Morgan fingerprint density at radius 1 is 1.00 bits per heavy atom. The van der Waals surface area contributed by atoms with Crippen LogP contribution in [0.2, 0.25) is 0 Å². The molecule has 0 aliphatic carbocycles. The zero-order valence-corrected chi connectivity index (χ0v) is 14.2. The summed E-state index contributed by atoms with van der Waals surface area (Å²) in [5, 5.41) is 5.94. The largest absolute Gasteiger partial charge is 0.349 e. The van der Waals surface area contributed by atoms with Crippen LogP contribution in [-0.4, -0.2) is 20.9 Å². The first-order valence-corrected chi connectivity index (χ1v) is 7.95. The van der Waals surface area contributed by atoms with E-state index < -0.39 is 0 Å². The molecule has 1 amide bonds. The molecule has 126 valence electrons. The van der Waals surface area contributed by atoms with Crippen LogP contribution in [0.25, 0.3) is 0 Å². The normalized spacial score (nSPS) is 10.3. The lowest BCUT2D eigenvalue weighted by molar-refractivity contribution is 0.102. The van der Waals surface area contributed by atoms with Crippen LogP contribution in [0.1, 0.15) is 27.2 Å². The van der Waals surface area contributed by atoms with Gasteiger partial charge in [0.1, 0.15) is 0 Å². The van der Waals surface area contributed by atoms with Crippen molar-refractivity contribution in [2.24, 2.45) is 0 Å². The second-order valence-electron chi connectivity index (χ2n) is 5.80. The topological polar surface area (TPSA) is 79.8 Å². The Hall–Kier alpha value is -3.28. The predicted molar refractivity (Wildman–Crippen MR) is 97.5 cm³/mol. The van der Waals surface area contributed by atoms with Gasteiger partial charge in [0.25, 0.3) is 5.91 Å². The number of aryl methyl sites for hydroxylation is 2. The van der Waals surface area contributed by atoms with E-state index in [2.05, 4.69) is 31.7 Å². The van der Waals surface area contributed by atoms with Crippen LogP contribution in [0.15, 0.2) is 55.0 Å². The third-order valence-electron chi connectivity index (χ3n) is 3.55. The summed E-state index contributed by atoms with van der Waals surface area (Å²) >= 11 is 0. The highest BCUT2D eigenvalue weighted by Gasteiger charge is 2.08. The lowest BCUT2D eigenvalue weighted by atomic mass is 10.1. The quantitative estimate of drug-likeness (QED) is 0.748. The van der Waals surface area contributed by atoms with E-state index in [-0.39, 0.29) is 5.91 Å². The molecule has 0 atom stereocenters. The van der Waals surface area contributed by atoms with Crippen molar-refractivity contribution in [1.29, 1.82) is 0 Å². The first-order chi connectivity index (χ1) is 12.1. The number of benzene rings is 1. The minimum absolute atomic E-state index is 0.235.